The molecule has 86 heavy (non-hydrogen) atoms. The molecule has 2 unspecified atom stereocenters. The molecule has 0 aliphatic heterocycles. The third-order valence-electron chi connectivity index (χ3n) is 19.4. The first-order chi connectivity index (χ1) is 40.9. The SMILES string of the molecule is Cc1cc(C(C)(C)c2ccc(C(C)(C)c3ccc(O)cc3)cc2)cc(C(C)c2ccc(-c3ccccc3)cc2)c1O.Cc1cc(C(C)(C)c2ccc(C(C)(C)c3ccc(O)cc3)cc2)cc(C(C)c2ccc3ccc4cccc5ccc2c3c45)c1O. The number of hydrogen-bond donors (Lipinski definition) is 4. The van der Waals surface area contributed by atoms with Gasteiger partial charge in [0.05, 0.1) is 0 Å². The Balaban J connectivity index is 0.000000180. The quantitative estimate of drug-likeness (QED) is 0.0868. The van der Waals surface area contributed by atoms with Gasteiger partial charge in [-0.2, -0.15) is 0 Å². The van der Waals surface area contributed by atoms with Gasteiger partial charge in [0.15, 0.2) is 0 Å². The molecule has 0 radical (unpaired) electrons. The number of rotatable bonds is 13. The Morgan fingerprint density at radius 1 is 0.291 bits per heavy atom. The lowest BCUT2D eigenvalue weighted by molar-refractivity contribution is 0.460. The number of phenolic OH excluding ortho intramolecular Hbond substituents is 4. The highest BCUT2D eigenvalue weighted by atomic mass is 16.3. The van der Waals surface area contributed by atoms with Crippen LogP contribution in [0.3, 0.4) is 0 Å². The van der Waals surface area contributed by atoms with Crippen LogP contribution >= 0.6 is 0 Å². The molecule has 4 N–H and O–H groups in total. The van der Waals surface area contributed by atoms with E-state index in [1.807, 2.05) is 44.2 Å². The highest BCUT2D eigenvalue weighted by Crippen LogP contribution is 2.46. The monoisotopic (exact) mass is 1130 g/mol. The van der Waals surface area contributed by atoms with Crippen molar-refractivity contribution in [1.82, 2.24) is 0 Å². The van der Waals surface area contributed by atoms with E-state index in [-0.39, 0.29) is 45.0 Å². The summed E-state index contributed by atoms with van der Waals surface area (Å²) in [6.07, 6.45) is 0. The molecular formula is C82H80O4. The van der Waals surface area contributed by atoms with Crippen LogP contribution in [-0.4, -0.2) is 20.4 Å². The Morgan fingerprint density at radius 2 is 0.640 bits per heavy atom. The maximum Gasteiger partial charge on any atom is 0.122 e. The third-order valence-corrected chi connectivity index (χ3v) is 19.4. The molecular weight excluding hydrogens is 1050 g/mol. The average molecular weight is 1130 g/mol. The van der Waals surface area contributed by atoms with Gasteiger partial charge in [-0.1, -0.05) is 275 Å². The lowest BCUT2D eigenvalue weighted by Crippen LogP contribution is -2.22. The van der Waals surface area contributed by atoms with Gasteiger partial charge in [-0.05, 0) is 148 Å². The molecule has 0 saturated heterocycles. The predicted molar refractivity (Wildman–Crippen MR) is 360 cm³/mol. The van der Waals surface area contributed by atoms with Gasteiger partial charge in [-0.15, -0.1) is 0 Å². The zero-order valence-electron chi connectivity index (χ0n) is 51.9. The van der Waals surface area contributed by atoms with Crippen LogP contribution in [0, 0.1) is 13.8 Å². The fourth-order valence-corrected chi connectivity index (χ4v) is 13.1. The van der Waals surface area contributed by atoms with E-state index < -0.39 is 0 Å². The van der Waals surface area contributed by atoms with Crippen molar-refractivity contribution in [2.24, 2.45) is 0 Å². The Bertz CT molecular complexity index is 4360. The van der Waals surface area contributed by atoms with Gasteiger partial charge in [0.1, 0.15) is 23.0 Å². The lowest BCUT2D eigenvalue weighted by Gasteiger charge is -2.31. The summed E-state index contributed by atoms with van der Waals surface area (Å²) in [7, 11) is 0. The second kappa shape index (κ2) is 22.7. The third kappa shape index (κ3) is 10.9. The largest absolute Gasteiger partial charge is 0.508 e. The molecule has 12 aromatic rings. The molecule has 0 aliphatic carbocycles. The molecule has 0 spiro atoms. The van der Waals surface area contributed by atoms with Crippen molar-refractivity contribution >= 4 is 32.3 Å². The summed E-state index contributed by atoms with van der Waals surface area (Å²) in [4.78, 5) is 0. The molecule has 4 heteroatoms. The minimum absolute atomic E-state index is 0.00231. The van der Waals surface area contributed by atoms with Crippen molar-refractivity contribution in [1.29, 1.82) is 0 Å². The van der Waals surface area contributed by atoms with Crippen molar-refractivity contribution in [2.45, 2.75) is 117 Å². The fraction of sp³-hybridized carbons (Fsp3) is 0.220. The number of aryl methyl sites for hydroxylation is 2. The maximum absolute atomic E-state index is 11.5. The van der Waals surface area contributed by atoms with Crippen molar-refractivity contribution in [3.63, 3.8) is 0 Å². The number of phenols is 4. The van der Waals surface area contributed by atoms with Crippen LogP contribution in [0.1, 0.15) is 159 Å². The first-order valence-electron chi connectivity index (χ1n) is 30.3. The van der Waals surface area contributed by atoms with E-state index in [9.17, 15) is 20.4 Å². The average Bonchev–Trinajstić information content (AvgIpc) is 1.18. The molecule has 0 heterocycles. The van der Waals surface area contributed by atoms with Crippen LogP contribution in [-0.2, 0) is 21.7 Å². The Kier molecular flexibility index (Phi) is 15.5. The van der Waals surface area contributed by atoms with Crippen LogP contribution in [0.15, 0.2) is 231 Å². The second-order valence-corrected chi connectivity index (χ2v) is 26.2. The van der Waals surface area contributed by atoms with E-state index in [1.54, 1.807) is 24.3 Å². The van der Waals surface area contributed by atoms with E-state index in [0.717, 1.165) is 33.4 Å². The maximum atomic E-state index is 11.5. The van der Waals surface area contributed by atoms with Crippen LogP contribution in [0.5, 0.6) is 23.0 Å². The molecule has 12 aromatic carbocycles. The summed E-state index contributed by atoms with van der Waals surface area (Å²) in [5.74, 6) is 1.35. The molecule has 0 bridgehead atoms. The summed E-state index contributed by atoms with van der Waals surface area (Å²) in [6.45, 7) is 26.3. The van der Waals surface area contributed by atoms with E-state index in [0.29, 0.717) is 11.5 Å². The number of aromatic hydroxyl groups is 4. The van der Waals surface area contributed by atoms with Crippen LogP contribution in [0.4, 0.5) is 0 Å². The number of benzene rings is 12. The zero-order chi connectivity index (χ0) is 61.0. The summed E-state index contributed by atoms with van der Waals surface area (Å²) in [5, 5.41) is 49.8. The Labute approximate surface area is 509 Å². The Hall–Kier alpha value is -9.12. The van der Waals surface area contributed by atoms with Crippen LogP contribution in [0.25, 0.3) is 43.4 Å². The summed E-state index contributed by atoms with van der Waals surface area (Å²) < 4.78 is 0. The van der Waals surface area contributed by atoms with Gasteiger partial charge in [-0.25, -0.2) is 0 Å². The standard InChI is InChI=1S/C43H40O2.C39H40O2/c1-26-24-34(43(5,6)32-16-14-31(15-17-32)42(3,4)33-18-20-35(44)21-19-33)25-38(41(26)45)27(2)36-22-12-30-11-10-28-8-7-9-29-13-23-37(36)40(30)39(28)29;1-26-24-34(25-36(37(26)41)27(2)28-12-14-30(15-13-28)29-10-8-7-9-11-29)39(5,6)32-18-16-31(17-19-32)38(3,4)33-20-22-35(40)23-21-33/h7-25,27,44-45H,1-6H3;7-25,27,40-41H,1-6H3. The molecule has 0 amide bonds. The van der Waals surface area contributed by atoms with Crippen LogP contribution in [0.2, 0.25) is 0 Å². The van der Waals surface area contributed by atoms with E-state index >= 15 is 0 Å². The molecule has 4 nitrogen and oxygen atoms in total. The first kappa shape index (κ1) is 58.6. The molecule has 432 valence electrons. The van der Waals surface area contributed by atoms with Gasteiger partial charge in [0.2, 0.25) is 0 Å². The van der Waals surface area contributed by atoms with Gasteiger partial charge in [-0.3, -0.25) is 0 Å². The minimum atomic E-state index is -0.281. The smallest absolute Gasteiger partial charge is 0.122 e. The Morgan fingerprint density at radius 3 is 1.07 bits per heavy atom. The number of hydrogen-bond acceptors (Lipinski definition) is 4. The van der Waals surface area contributed by atoms with Gasteiger partial charge in [0.25, 0.3) is 0 Å². The summed E-state index contributed by atoms with van der Waals surface area (Å²) >= 11 is 0. The topological polar surface area (TPSA) is 80.9 Å². The molecule has 2 atom stereocenters. The molecule has 12 rings (SSSR count). The van der Waals surface area contributed by atoms with Crippen molar-refractivity contribution in [3.05, 3.63) is 308 Å². The zero-order valence-corrected chi connectivity index (χ0v) is 51.9. The molecule has 0 aromatic heterocycles. The van der Waals surface area contributed by atoms with Gasteiger partial charge < -0.3 is 20.4 Å². The van der Waals surface area contributed by atoms with Crippen molar-refractivity contribution in [3.8, 4) is 34.1 Å². The van der Waals surface area contributed by atoms with E-state index in [2.05, 4.69) is 245 Å². The van der Waals surface area contributed by atoms with Gasteiger partial charge in [0, 0.05) is 44.6 Å². The van der Waals surface area contributed by atoms with Crippen LogP contribution < -0.4 is 0 Å². The molecule has 0 aliphatic rings. The normalized spacial score (nSPS) is 13.0. The summed E-state index contributed by atoms with van der Waals surface area (Å²) in [6, 6.07) is 80.5. The predicted octanol–water partition coefficient (Wildman–Crippen LogP) is 21.0. The minimum Gasteiger partial charge on any atom is -0.508 e. The fourth-order valence-electron chi connectivity index (χ4n) is 13.1. The highest BCUT2D eigenvalue weighted by Gasteiger charge is 2.31. The first-order valence-corrected chi connectivity index (χ1v) is 30.3. The molecule has 0 fully saturated rings. The summed E-state index contributed by atoms with van der Waals surface area (Å²) in [5.41, 5.74) is 17.1. The van der Waals surface area contributed by atoms with Crippen molar-refractivity contribution < 1.29 is 20.4 Å². The van der Waals surface area contributed by atoms with E-state index in [1.165, 1.54) is 88.0 Å². The van der Waals surface area contributed by atoms with E-state index in [4.69, 9.17) is 0 Å². The molecule has 0 saturated carbocycles. The van der Waals surface area contributed by atoms with Crippen molar-refractivity contribution in [2.75, 3.05) is 0 Å². The second-order valence-electron chi connectivity index (χ2n) is 26.2. The lowest BCUT2D eigenvalue weighted by atomic mass is 9.73. The van der Waals surface area contributed by atoms with Gasteiger partial charge >= 0.3 is 0 Å². The highest BCUT2D eigenvalue weighted by molar-refractivity contribution is 6.23.